The van der Waals surface area contributed by atoms with Crippen LogP contribution in [-0.4, -0.2) is 78.5 Å². The van der Waals surface area contributed by atoms with E-state index in [0.29, 0.717) is 19.4 Å². The van der Waals surface area contributed by atoms with Crippen molar-refractivity contribution >= 4 is 41.4 Å². The molecular formula is C15H30N8O6S. The fourth-order valence-corrected chi connectivity index (χ4v) is 2.16. The van der Waals surface area contributed by atoms with E-state index < -0.39 is 53.7 Å². The fourth-order valence-electron chi connectivity index (χ4n) is 2.08. The van der Waals surface area contributed by atoms with Crippen LogP contribution in [0.25, 0.3) is 0 Å². The molecule has 0 saturated carbocycles. The van der Waals surface area contributed by atoms with Crippen LogP contribution in [0.15, 0.2) is 0 Å². The predicted octanol–water partition coefficient (Wildman–Crippen LogP) is -5.27. The zero-order valence-corrected chi connectivity index (χ0v) is 17.5. The van der Waals surface area contributed by atoms with Crippen LogP contribution in [0, 0.1) is 0 Å². The lowest BCUT2D eigenvalue weighted by Gasteiger charge is -2.20. The average Bonchev–Trinajstić information content (AvgIpc) is 2.65. The Kier molecular flexibility index (Phi) is 14.5. The molecule has 0 aromatic carbocycles. The SMILES string of the molecule is CC(=O)NC(=O)[C@H](CO)NC(=O)CNN[C@@H](CCCNC(N)N)C(=O)NCC(=O)S. The van der Waals surface area contributed by atoms with Crippen molar-refractivity contribution in [3.63, 3.8) is 0 Å². The molecule has 0 saturated heterocycles. The number of nitrogens with two attached hydrogens (primary N) is 2. The van der Waals surface area contributed by atoms with Crippen LogP contribution in [0.3, 0.4) is 0 Å². The first-order valence-corrected chi connectivity index (χ1v) is 9.45. The number of thiol groups is 1. The molecule has 11 N–H and O–H groups in total. The highest BCUT2D eigenvalue weighted by molar-refractivity contribution is 7.96. The van der Waals surface area contributed by atoms with Gasteiger partial charge in [-0.1, -0.05) is 0 Å². The van der Waals surface area contributed by atoms with Crippen LogP contribution in [0.4, 0.5) is 0 Å². The Hall–Kier alpha value is -2.14. The first-order chi connectivity index (χ1) is 14.1. The molecule has 0 aromatic rings. The highest BCUT2D eigenvalue weighted by Crippen LogP contribution is 1.97. The lowest BCUT2D eigenvalue weighted by atomic mass is 10.1. The molecule has 0 aromatic heterocycles. The van der Waals surface area contributed by atoms with Crippen molar-refractivity contribution < 1.29 is 29.1 Å². The minimum Gasteiger partial charge on any atom is -0.394 e. The molecule has 4 amide bonds. The number of imide groups is 1. The summed E-state index contributed by atoms with van der Waals surface area (Å²) in [5.74, 6) is -2.67. The molecule has 30 heavy (non-hydrogen) atoms. The Labute approximate surface area is 179 Å². The first kappa shape index (κ1) is 27.9. The third-order valence-corrected chi connectivity index (χ3v) is 3.60. The molecular weight excluding hydrogens is 420 g/mol. The zero-order chi connectivity index (χ0) is 23.1. The Bertz CT molecular complexity index is 606. The molecule has 0 aliphatic rings. The highest BCUT2D eigenvalue weighted by atomic mass is 32.1. The Morgan fingerprint density at radius 2 is 1.70 bits per heavy atom. The largest absolute Gasteiger partial charge is 0.394 e. The molecule has 0 rings (SSSR count). The second kappa shape index (κ2) is 15.7. The topological polar surface area (TPSA) is 230 Å². The van der Waals surface area contributed by atoms with Crippen molar-refractivity contribution in [3.8, 4) is 0 Å². The van der Waals surface area contributed by atoms with Gasteiger partial charge < -0.3 is 27.2 Å². The highest BCUT2D eigenvalue weighted by Gasteiger charge is 2.22. The molecule has 0 spiro atoms. The van der Waals surface area contributed by atoms with Gasteiger partial charge in [-0.2, -0.15) is 0 Å². The monoisotopic (exact) mass is 450 g/mol. The second-order valence-electron chi connectivity index (χ2n) is 6.13. The summed E-state index contributed by atoms with van der Waals surface area (Å²) in [6.45, 7) is 0.208. The average molecular weight is 451 g/mol. The van der Waals surface area contributed by atoms with Gasteiger partial charge >= 0.3 is 0 Å². The van der Waals surface area contributed by atoms with Gasteiger partial charge in [0, 0.05) is 6.92 Å². The van der Waals surface area contributed by atoms with Crippen LogP contribution in [0.5, 0.6) is 0 Å². The van der Waals surface area contributed by atoms with E-state index in [4.69, 9.17) is 11.5 Å². The van der Waals surface area contributed by atoms with Gasteiger partial charge in [0.2, 0.25) is 22.8 Å². The van der Waals surface area contributed by atoms with Crippen molar-refractivity contribution in [1.82, 2.24) is 32.1 Å². The number of carbonyl (C=O) groups is 5. The molecule has 0 bridgehead atoms. The first-order valence-electron chi connectivity index (χ1n) is 9.00. The maximum absolute atomic E-state index is 12.2. The number of hydrogen-bond donors (Lipinski definition) is 10. The number of nitrogens with one attached hydrogen (secondary N) is 6. The van der Waals surface area contributed by atoms with Crippen LogP contribution < -0.4 is 43.6 Å². The predicted molar refractivity (Wildman–Crippen MR) is 109 cm³/mol. The minimum absolute atomic E-state index is 0.268. The van der Waals surface area contributed by atoms with Gasteiger partial charge in [0.05, 0.1) is 25.7 Å². The van der Waals surface area contributed by atoms with Crippen molar-refractivity contribution in [2.45, 2.75) is 38.1 Å². The molecule has 0 aliphatic carbocycles. The van der Waals surface area contributed by atoms with Crippen molar-refractivity contribution in [2.24, 2.45) is 11.5 Å². The molecule has 0 aliphatic heterocycles. The van der Waals surface area contributed by atoms with Crippen molar-refractivity contribution in [1.29, 1.82) is 0 Å². The fraction of sp³-hybridized carbons (Fsp3) is 0.667. The van der Waals surface area contributed by atoms with Gasteiger partial charge in [-0.15, -0.1) is 12.6 Å². The van der Waals surface area contributed by atoms with Crippen molar-refractivity contribution in [3.05, 3.63) is 0 Å². The normalized spacial score (nSPS) is 12.7. The van der Waals surface area contributed by atoms with Crippen LogP contribution in [0.2, 0.25) is 0 Å². The minimum atomic E-state index is -1.31. The van der Waals surface area contributed by atoms with E-state index in [1.807, 2.05) is 5.32 Å². The molecule has 14 nitrogen and oxygen atoms in total. The molecule has 0 radical (unpaired) electrons. The molecule has 0 unspecified atom stereocenters. The lowest BCUT2D eigenvalue weighted by Crippen LogP contribution is -2.55. The molecule has 172 valence electrons. The molecule has 15 heteroatoms. The summed E-state index contributed by atoms with van der Waals surface area (Å²) in [6, 6.07) is -2.12. The summed E-state index contributed by atoms with van der Waals surface area (Å²) in [7, 11) is 0. The standard InChI is InChI=1S/C15H30N8O6S/c1-8(25)21-14(29)10(7-24)22-11(26)5-20-23-9(3-2-4-18-15(16)17)13(28)19-6-12(27)30/h9-10,15,18,20,23-24H,2-7,16-17H2,1H3,(H,19,28)(H,22,26)(H,27,30)(H,21,25,29)/t9-,10-/m0/s1. The molecule has 0 fully saturated rings. The summed E-state index contributed by atoms with van der Waals surface area (Å²) < 4.78 is 0. The number of amides is 4. The second-order valence-corrected chi connectivity index (χ2v) is 6.63. The van der Waals surface area contributed by atoms with E-state index in [2.05, 4.69) is 39.4 Å². The van der Waals surface area contributed by atoms with Crippen LogP contribution >= 0.6 is 12.6 Å². The maximum Gasteiger partial charge on any atom is 0.251 e. The van der Waals surface area contributed by atoms with E-state index in [-0.39, 0.29) is 13.1 Å². The van der Waals surface area contributed by atoms with Crippen molar-refractivity contribution in [2.75, 3.05) is 26.2 Å². The van der Waals surface area contributed by atoms with Crippen LogP contribution in [0.1, 0.15) is 19.8 Å². The maximum atomic E-state index is 12.2. The smallest absolute Gasteiger partial charge is 0.251 e. The Morgan fingerprint density at radius 1 is 1.03 bits per heavy atom. The Balaban J connectivity index is 4.58. The van der Waals surface area contributed by atoms with E-state index in [1.165, 1.54) is 0 Å². The van der Waals surface area contributed by atoms with E-state index in [1.54, 1.807) is 0 Å². The van der Waals surface area contributed by atoms with E-state index in [9.17, 15) is 29.1 Å². The quantitative estimate of drug-likeness (QED) is 0.0490. The van der Waals surface area contributed by atoms with E-state index >= 15 is 0 Å². The van der Waals surface area contributed by atoms with Gasteiger partial charge in [-0.3, -0.25) is 34.6 Å². The summed E-state index contributed by atoms with van der Waals surface area (Å²) in [4.78, 5) is 57.6. The number of carbonyl (C=O) groups excluding carboxylic acids is 5. The summed E-state index contributed by atoms with van der Waals surface area (Å²) >= 11 is 3.57. The molecule has 2 atom stereocenters. The summed E-state index contributed by atoms with van der Waals surface area (Å²) in [5.41, 5.74) is 15.9. The number of hydrogen-bond acceptors (Lipinski definition) is 11. The zero-order valence-electron chi connectivity index (χ0n) is 16.6. The summed E-state index contributed by atoms with van der Waals surface area (Å²) in [5, 5.41) is 18.0. The van der Waals surface area contributed by atoms with Crippen LogP contribution in [-0.2, 0) is 24.0 Å². The number of hydrazine groups is 1. The summed E-state index contributed by atoms with van der Waals surface area (Å²) in [6.07, 6.45) is 0.103. The van der Waals surface area contributed by atoms with E-state index in [0.717, 1.165) is 6.92 Å². The third-order valence-electron chi connectivity index (χ3n) is 3.44. The van der Waals surface area contributed by atoms with Gasteiger partial charge in [0.1, 0.15) is 12.3 Å². The number of aliphatic hydroxyl groups is 1. The number of rotatable bonds is 15. The van der Waals surface area contributed by atoms with Gasteiger partial charge in [0.25, 0.3) is 5.91 Å². The third kappa shape index (κ3) is 13.9. The van der Waals surface area contributed by atoms with Gasteiger partial charge in [-0.25, -0.2) is 10.9 Å². The Morgan fingerprint density at radius 3 is 2.23 bits per heavy atom. The van der Waals surface area contributed by atoms with Gasteiger partial charge in [0.15, 0.2) is 0 Å². The lowest BCUT2D eigenvalue weighted by molar-refractivity contribution is -0.134. The van der Waals surface area contributed by atoms with Gasteiger partial charge in [-0.05, 0) is 19.4 Å². The number of aliphatic hydroxyl groups excluding tert-OH is 1. The molecule has 0 heterocycles.